The van der Waals surface area contributed by atoms with Crippen LogP contribution in [0, 0.1) is 0 Å². The second-order valence-electron chi connectivity index (χ2n) is 5.03. The van der Waals surface area contributed by atoms with Crippen LogP contribution in [0.15, 0.2) is 0 Å². The van der Waals surface area contributed by atoms with Crippen LogP contribution in [0.25, 0.3) is 0 Å². The van der Waals surface area contributed by atoms with Crippen molar-refractivity contribution in [3.05, 3.63) is 0 Å². The standard InChI is InChI=1S/C8H22N2Si.H5NSi/c1-7(2,3)9-11-10-8(4,5)6;1-2/h9-10H,11H2,1-6H3;1H2,2H3. The molecule has 0 aromatic rings. The van der Waals surface area contributed by atoms with Crippen molar-refractivity contribution in [3.63, 3.8) is 0 Å². The molecule has 0 atom stereocenters. The van der Waals surface area contributed by atoms with Gasteiger partial charge in [-0.05, 0) is 41.5 Å². The van der Waals surface area contributed by atoms with Crippen LogP contribution in [-0.4, -0.2) is 31.3 Å². The maximum absolute atomic E-state index is 4.64. The van der Waals surface area contributed by atoms with E-state index in [4.69, 9.17) is 0 Å². The summed E-state index contributed by atoms with van der Waals surface area (Å²) in [5, 5.41) is 4.64. The Hall–Kier alpha value is 0.314. The molecule has 0 aromatic carbocycles. The van der Waals surface area contributed by atoms with Gasteiger partial charge in [0.25, 0.3) is 0 Å². The van der Waals surface area contributed by atoms with E-state index in [2.05, 4.69) is 56.9 Å². The quantitative estimate of drug-likeness (QED) is 0.524. The van der Waals surface area contributed by atoms with E-state index < -0.39 is 0 Å². The summed E-state index contributed by atoms with van der Waals surface area (Å²) < 4.78 is 0. The SMILES string of the molecule is CC(C)(C)N[SiH2]NC(C)(C)C.N[SiH3]. The first-order valence-corrected chi connectivity index (χ1v) is 7.35. The lowest BCUT2D eigenvalue weighted by Crippen LogP contribution is -2.50. The Labute approximate surface area is 88.7 Å². The summed E-state index contributed by atoms with van der Waals surface area (Å²) in [6, 6.07) is 0. The average molecular weight is 221 g/mol. The topological polar surface area (TPSA) is 50.1 Å². The first kappa shape index (κ1) is 15.8. The molecule has 0 spiro atoms. The molecule has 0 unspecified atom stereocenters. The third kappa shape index (κ3) is 19.0. The van der Waals surface area contributed by atoms with Crippen molar-refractivity contribution in [2.45, 2.75) is 52.6 Å². The molecule has 0 radical (unpaired) electrons. The van der Waals surface area contributed by atoms with E-state index >= 15 is 0 Å². The summed E-state index contributed by atoms with van der Waals surface area (Å²) in [5.41, 5.74) is 0.537. The van der Waals surface area contributed by atoms with Gasteiger partial charge in [0.15, 0.2) is 9.84 Å². The van der Waals surface area contributed by atoms with Crippen molar-refractivity contribution in [1.29, 1.82) is 0 Å². The van der Waals surface area contributed by atoms with Crippen LogP contribution >= 0.6 is 0 Å². The van der Waals surface area contributed by atoms with E-state index in [1.54, 1.807) is 0 Å². The average Bonchev–Trinajstić information content (AvgIpc) is 1.86. The van der Waals surface area contributed by atoms with Crippen LogP contribution in [0.3, 0.4) is 0 Å². The highest BCUT2D eigenvalue weighted by molar-refractivity contribution is 6.29. The molecule has 82 valence electrons. The summed E-state index contributed by atoms with van der Waals surface area (Å²) in [6.07, 6.45) is 0. The summed E-state index contributed by atoms with van der Waals surface area (Å²) in [7, 11) is 0.508. The largest absolute Gasteiger partial charge is 0.358 e. The Morgan fingerprint density at radius 2 is 1.08 bits per heavy atom. The summed E-state index contributed by atoms with van der Waals surface area (Å²) in [6.45, 7) is 13.2. The molecule has 4 N–H and O–H groups in total. The number of rotatable bonds is 2. The molecule has 0 aliphatic rings. The van der Waals surface area contributed by atoms with Gasteiger partial charge in [0.1, 0.15) is 0 Å². The molecule has 0 bridgehead atoms. The zero-order valence-electron chi connectivity index (χ0n) is 10.3. The molecule has 0 rings (SSSR count). The lowest BCUT2D eigenvalue weighted by atomic mass is 10.1. The van der Waals surface area contributed by atoms with Crippen LogP contribution in [0.4, 0.5) is 0 Å². The molecule has 0 saturated heterocycles. The van der Waals surface area contributed by atoms with Gasteiger partial charge in [-0.3, -0.25) is 0 Å². The molecule has 0 aromatic heterocycles. The summed E-state index contributed by atoms with van der Waals surface area (Å²) in [4.78, 5) is 7.01. The maximum Gasteiger partial charge on any atom is 0.168 e. The molecular formula is C8H27N3Si2. The van der Waals surface area contributed by atoms with Crippen molar-refractivity contribution in [2.24, 2.45) is 5.40 Å². The molecule has 0 aliphatic heterocycles. The molecule has 13 heavy (non-hydrogen) atoms. The Bertz CT molecular complexity index is 102. The van der Waals surface area contributed by atoms with Crippen LogP contribution in [0.5, 0.6) is 0 Å². The molecule has 0 fully saturated rings. The van der Waals surface area contributed by atoms with Crippen molar-refractivity contribution < 1.29 is 0 Å². The first-order chi connectivity index (χ1) is 5.71. The van der Waals surface area contributed by atoms with Crippen LogP contribution in [0.2, 0.25) is 0 Å². The third-order valence-electron chi connectivity index (χ3n) is 1.24. The second-order valence-corrected chi connectivity index (χ2v) is 6.09. The molecule has 0 heterocycles. The molecule has 0 amide bonds. The van der Waals surface area contributed by atoms with E-state index in [0.717, 1.165) is 10.4 Å². The van der Waals surface area contributed by atoms with Gasteiger partial charge in [0.05, 0.1) is 10.4 Å². The predicted octanol–water partition coefficient (Wildman–Crippen LogP) is -1.01. The molecule has 5 heteroatoms. The Balaban J connectivity index is 0. The van der Waals surface area contributed by atoms with Crippen molar-refractivity contribution in [1.82, 2.24) is 9.96 Å². The minimum absolute atomic E-state index is 0.268. The van der Waals surface area contributed by atoms with E-state index in [1.807, 2.05) is 0 Å². The maximum atomic E-state index is 4.64. The number of nitrogens with one attached hydrogen (secondary N) is 2. The molecular weight excluding hydrogens is 194 g/mol. The van der Waals surface area contributed by atoms with Gasteiger partial charge >= 0.3 is 0 Å². The summed E-state index contributed by atoms with van der Waals surface area (Å²) in [5.74, 6) is 0. The highest BCUT2D eigenvalue weighted by Gasteiger charge is 2.11. The summed E-state index contributed by atoms with van der Waals surface area (Å²) >= 11 is 0. The van der Waals surface area contributed by atoms with E-state index in [0.29, 0.717) is 0 Å². The van der Waals surface area contributed by atoms with Gasteiger partial charge < -0.3 is 15.4 Å². The Morgan fingerprint density at radius 3 is 1.23 bits per heavy atom. The minimum Gasteiger partial charge on any atom is -0.358 e. The molecule has 0 aliphatic carbocycles. The number of nitrogens with two attached hydrogens (primary N) is 1. The predicted molar refractivity (Wildman–Crippen MR) is 68.4 cm³/mol. The van der Waals surface area contributed by atoms with E-state index in [-0.39, 0.29) is 20.9 Å². The lowest BCUT2D eigenvalue weighted by molar-refractivity contribution is 0.485. The normalized spacial score (nSPS) is 12.2. The van der Waals surface area contributed by atoms with Gasteiger partial charge in [-0.15, -0.1) is 0 Å². The van der Waals surface area contributed by atoms with E-state index in [9.17, 15) is 0 Å². The highest BCUT2D eigenvalue weighted by atomic mass is 28.2. The highest BCUT2D eigenvalue weighted by Crippen LogP contribution is 1.98. The van der Waals surface area contributed by atoms with Gasteiger partial charge in [-0.2, -0.15) is 0 Å². The lowest BCUT2D eigenvalue weighted by Gasteiger charge is -2.26. The smallest absolute Gasteiger partial charge is 0.168 e. The van der Waals surface area contributed by atoms with Crippen molar-refractivity contribution in [3.8, 4) is 0 Å². The minimum atomic E-state index is -0.297. The van der Waals surface area contributed by atoms with Gasteiger partial charge in [0, 0.05) is 11.1 Å². The van der Waals surface area contributed by atoms with E-state index in [1.165, 1.54) is 0 Å². The zero-order chi connectivity index (χ0) is 11.1. The fourth-order valence-corrected chi connectivity index (χ4v) is 1.72. The van der Waals surface area contributed by atoms with Gasteiger partial charge in [-0.25, -0.2) is 0 Å². The zero-order valence-corrected chi connectivity index (χ0v) is 13.7. The Kier molecular flexibility index (Phi) is 8.15. The fourth-order valence-electron chi connectivity index (χ4n) is 0.575. The number of hydrogen-bond acceptors (Lipinski definition) is 3. The Morgan fingerprint density at radius 1 is 0.846 bits per heavy atom. The molecule has 0 saturated carbocycles. The molecule has 3 nitrogen and oxygen atoms in total. The fraction of sp³-hybridized carbons (Fsp3) is 1.00. The van der Waals surface area contributed by atoms with Crippen molar-refractivity contribution in [2.75, 3.05) is 0 Å². The first-order valence-electron chi connectivity index (χ1n) is 4.78. The van der Waals surface area contributed by atoms with Gasteiger partial charge in [0.2, 0.25) is 0 Å². The van der Waals surface area contributed by atoms with Crippen molar-refractivity contribution >= 4 is 20.2 Å². The van der Waals surface area contributed by atoms with Crippen LogP contribution in [0.1, 0.15) is 41.5 Å². The van der Waals surface area contributed by atoms with Gasteiger partial charge in [-0.1, -0.05) is 0 Å². The van der Waals surface area contributed by atoms with Crippen LogP contribution < -0.4 is 15.4 Å². The van der Waals surface area contributed by atoms with Crippen LogP contribution in [-0.2, 0) is 0 Å². The monoisotopic (exact) mass is 221 g/mol. The number of hydrogen-bond donors (Lipinski definition) is 3. The second kappa shape index (κ2) is 6.72. The third-order valence-corrected chi connectivity index (χ3v) is 3.71.